The highest BCUT2D eigenvalue weighted by atomic mass is 15.1. The summed E-state index contributed by atoms with van der Waals surface area (Å²) < 4.78 is 0. The third-order valence-corrected chi connectivity index (χ3v) is 2.56. The molecule has 0 fully saturated rings. The van der Waals surface area contributed by atoms with Gasteiger partial charge in [-0.05, 0) is 30.3 Å². The molecule has 0 bridgehead atoms. The van der Waals surface area contributed by atoms with E-state index in [0.29, 0.717) is 5.69 Å². The largest absolute Gasteiger partial charge is 0.378 e. The van der Waals surface area contributed by atoms with Crippen LogP contribution in [0.25, 0.3) is 0 Å². The van der Waals surface area contributed by atoms with Crippen LogP contribution in [0.2, 0.25) is 0 Å². The van der Waals surface area contributed by atoms with E-state index in [1.807, 2.05) is 49.3 Å². The van der Waals surface area contributed by atoms with Crippen LogP contribution < -0.4 is 10.2 Å². The maximum atomic E-state index is 8.98. The number of aromatic nitrogens is 1. The van der Waals surface area contributed by atoms with Gasteiger partial charge in [-0.1, -0.05) is 6.07 Å². The van der Waals surface area contributed by atoms with Crippen molar-refractivity contribution in [2.45, 2.75) is 0 Å². The first-order valence-electron chi connectivity index (χ1n) is 5.60. The highest BCUT2D eigenvalue weighted by Gasteiger charge is 2.03. The summed E-state index contributed by atoms with van der Waals surface area (Å²) in [5, 5.41) is 12.2. The Kier molecular flexibility index (Phi) is 3.44. The van der Waals surface area contributed by atoms with Gasteiger partial charge in [-0.2, -0.15) is 5.26 Å². The third kappa shape index (κ3) is 2.58. The van der Waals surface area contributed by atoms with Gasteiger partial charge in [0.25, 0.3) is 0 Å². The van der Waals surface area contributed by atoms with Gasteiger partial charge in [0.2, 0.25) is 0 Å². The van der Waals surface area contributed by atoms with Crippen LogP contribution in [0.4, 0.5) is 17.1 Å². The average Bonchev–Trinajstić information content (AvgIpc) is 2.39. The van der Waals surface area contributed by atoms with Crippen molar-refractivity contribution < 1.29 is 0 Å². The van der Waals surface area contributed by atoms with E-state index in [2.05, 4.69) is 16.4 Å². The van der Waals surface area contributed by atoms with Gasteiger partial charge in [0.1, 0.15) is 6.07 Å². The van der Waals surface area contributed by atoms with Crippen molar-refractivity contribution in [1.82, 2.24) is 4.98 Å². The van der Waals surface area contributed by atoms with Gasteiger partial charge in [0.05, 0.1) is 5.69 Å². The van der Waals surface area contributed by atoms with Crippen molar-refractivity contribution in [3.63, 3.8) is 0 Å². The van der Waals surface area contributed by atoms with Crippen LogP contribution in [0.5, 0.6) is 0 Å². The van der Waals surface area contributed by atoms with Gasteiger partial charge < -0.3 is 10.2 Å². The molecule has 0 amide bonds. The maximum absolute atomic E-state index is 8.98. The lowest BCUT2D eigenvalue weighted by atomic mass is 10.2. The lowest BCUT2D eigenvalue weighted by Crippen LogP contribution is -2.08. The third-order valence-electron chi connectivity index (χ3n) is 2.56. The molecule has 0 aliphatic heterocycles. The fourth-order valence-electron chi connectivity index (χ4n) is 1.61. The maximum Gasteiger partial charge on any atom is 0.163 e. The first-order chi connectivity index (χ1) is 8.70. The summed E-state index contributed by atoms with van der Waals surface area (Å²) in [6, 6.07) is 13.7. The number of rotatable bonds is 3. The molecule has 4 heteroatoms. The van der Waals surface area contributed by atoms with Crippen LogP contribution in [0.15, 0.2) is 42.6 Å². The minimum atomic E-state index is 0.396. The summed E-state index contributed by atoms with van der Waals surface area (Å²) in [5.41, 5.74) is 3.15. The molecule has 4 nitrogen and oxygen atoms in total. The molecule has 0 aliphatic carbocycles. The van der Waals surface area contributed by atoms with Crippen molar-refractivity contribution in [3.05, 3.63) is 48.3 Å². The number of nitrogens with one attached hydrogen (secondary N) is 1. The fourth-order valence-corrected chi connectivity index (χ4v) is 1.61. The molecular formula is C14H14N4. The van der Waals surface area contributed by atoms with Gasteiger partial charge in [0, 0.05) is 31.7 Å². The Balaban J connectivity index is 2.29. The molecular weight excluding hydrogens is 224 g/mol. The molecule has 0 saturated heterocycles. The minimum absolute atomic E-state index is 0.396. The van der Waals surface area contributed by atoms with Crippen molar-refractivity contribution in [2.24, 2.45) is 0 Å². The predicted molar refractivity (Wildman–Crippen MR) is 73.0 cm³/mol. The van der Waals surface area contributed by atoms with Gasteiger partial charge in [-0.3, -0.25) is 0 Å². The zero-order valence-electron chi connectivity index (χ0n) is 10.4. The molecule has 18 heavy (non-hydrogen) atoms. The van der Waals surface area contributed by atoms with E-state index in [1.165, 1.54) is 0 Å². The molecule has 1 aromatic carbocycles. The Morgan fingerprint density at radius 3 is 2.78 bits per heavy atom. The minimum Gasteiger partial charge on any atom is -0.378 e. The number of hydrogen-bond acceptors (Lipinski definition) is 4. The standard InChI is InChI=1S/C14H14N4/c1-18(2)12-6-3-5-11(9-12)17-13-7-4-8-16-14(13)10-15/h3-9,17H,1-2H3. The number of benzene rings is 1. The van der Waals surface area contributed by atoms with E-state index in [4.69, 9.17) is 5.26 Å². The van der Waals surface area contributed by atoms with Gasteiger partial charge >= 0.3 is 0 Å². The molecule has 1 aromatic heterocycles. The van der Waals surface area contributed by atoms with Crippen LogP contribution in [0, 0.1) is 11.3 Å². The topological polar surface area (TPSA) is 52.0 Å². The van der Waals surface area contributed by atoms with E-state index in [1.54, 1.807) is 12.3 Å². The van der Waals surface area contributed by atoms with Crippen LogP contribution >= 0.6 is 0 Å². The van der Waals surface area contributed by atoms with Crippen molar-refractivity contribution >= 4 is 17.1 Å². The number of pyridine rings is 1. The van der Waals surface area contributed by atoms with Gasteiger partial charge in [-0.15, -0.1) is 0 Å². The van der Waals surface area contributed by atoms with Crippen LogP contribution in [-0.4, -0.2) is 19.1 Å². The Morgan fingerprint density at radius 1 is 1.22 bits per heavy atom. The van der Waals surface area contributed by atoms with Gasteiger partial charge in [-0.25, -0.2) is 4.98 Å². The SMILES string of the molecule is CN(C)c1cccc(Nc2cccnc2C#N)c1. The van der Waals surface area contributed by atoms with E-state index in [-0.39, 0.29) is 0 Å². The Labute approximate surface area is 107 Å². The summed E-state index contributed by atoms with van der Waals surface area (Å²) in [6.45, 7) is 0. The van der Waals surface area contributed by atoms with E-state index in [0.717, 1.165) is 17.1 Å². The summed E-state index contributed by atoms with van der Waals surface area (Å²) in [6.07, 6.45) is 1.61. The lowest BCUT2D eigenvalue weighted by molar-refractivity contribution is 1.13. The van der Waals surface area contributed by atoms with E-state index in [9.17, 15) is 0 Å². The van der Waals surface area contributed by atoms with E-state index >= 15 is 0 Å². The average molecular weight is 238 g/mol. The molecule has 0 radical (unpaired) electrons. The Morgan fingerprint density at radius 2 is 2.06 bits per heavy atom. The molecule has 2 rings (SSSR count). The highest BCUT2D eigenvalue weighted by Crippen LogP contribution is 2.22. The smallest absolute Gasteiger partial charge is 0.163 e. The Hall–Kier alpha value is -2.54. The summed E-state index contributed by atoms with van der Waals surface area (Å²) >= 11 is 0. The fraction of sp³-hybridized carbons (Fsp3) is 0.143. The molecule has 0 unspecified atom stereocenters. The first kappa shape index (κ1) is 11.9. The number of anilines is 3. The van der Waals surface area contributed by atoms with Gasteiger partial charge in [0.15, 0.2) is 5.69 Å². The molecule has 0 atom stereocenters. The van der Waals surface area contributed by atoms with E-state index < -0.39 is 0 Å². The lowest BCUT2D eigenvalue weighted by Gasteiger charge is -2.14. The molecule has 0 aliphatic rings. The quantitative estimate of drug-likeness (QED) is 0.893. The second-order valence-corrected chi connectivity index (χ2v) is 4.08. The Bertz CT molecular complexity index is 584. The predicted octanol–water partition coefficient (Wildman–Crippen LogP) is 2.76. The first-order valence-corrected chi connectivity index (χ1v) is 5.60. The van der Waals surface area contributed by atoms with Crippen molar-refractivity contribution in [3.8, 4) is 6.07 Å². The van der Waals surface area contributed by atoms with Crippen molar-refractivity contribution in [2.75, 3.05) is 24.3 Å². The molecule has 0 spiro atoms. The van der Waals surface area contributed by atoms with Crippen molar-refractivity contribution in [1.29, 1.82) is 5.26 Å². The number of nitriles is 1. The van der Waals surface area contributed by atoms with Crippen LogP contribution in [0.3, 0.4) is 0 Å². The monoisotopic (exact) mass is 238 g/mol. The number of nitrogens with zero attached hydrogens (tertiary/aromatic N) is 3. The molecule has 2 aromatic rings. The molecule has 1 N–H and O–H groups in total. The molecule has 0 saturated carbocycles. The molecule has 1 heterocycles. The number of hydrogen-bond donors (Lipinski definition) is 1. The zero-order chi connectivity index (χ0) is 13.0. The second kappa shape index (κ2) is 5.19. The summed E-state index contributed by atoms with van der Waals surface area (Å²) in [5.74, 6) is 0. The second-order valence-electron chi connectivity index (χ2n) is 4.08. The zero-order valence-corrected chi connectivity index (χ0v) is 10.4. The molecule has 90 valence electrons. The summed E-state index contributed by atoms with van der Waals surface area (Å²) in [7, 11) is 3.98. The summed E-state index contributed by atoms with van der Waals surface area (Å²) in [4.78, 5) is 6.04. The normalized spacial score (nSPS) is 9.61. The van der Waals surface area contributed by atoms with Crippen LogP contribution in [-0.2, 0) is 0 Å². The highest BCUT2D eigenvalue weighted by molar-refractivity contribution is 5.67. The van der Waals surface area contributed by atoms with Crippen LogP contribution in [0.1, 0.15) is 5.69 Å².